The smallest absolute Gasteiger partial charge is 0.0641 e. The van der Waals surface area contributed by atoms with Crippen molar-refractivity contribution in [3.63, 3.8) is 0 Å². The average molecular weight is 659 g/mol. The normalized spacial score (nSPS) is 12.2. The first kappa shape index (κ1) is 27.9. The lowest BCUT2D eigenvalue weighted by Crippen LogP contribution is -1.96. The third-order valence-electron chi connectivity index (χ3n) is 11.4. The second kappa shape index (κ2) is 10.3. The van der Waals surface area contributed by atoms with Gasteiger partial charge in [-0.2, -0.15) is 0 Å². The molecular weight excluding hydrogens is 629 g/mol. The SMILES string of the molecule is c1ccc(-c2cccc(-n3c4ccc5ccccc5c4c4ccc5c(c6ccccc6n5-c5cc6c7c(cccc7c5)-c5ccccc5-6)c43)c2)cc1. The molecule has 1 aliphatic carbocycles. The monoisotopic (exact) mass is 658 g/mol. The summed E-state index contributed by atoms with van der Waals surface area (Å²) in [7, 11) is 0. The predicted octanol–water partition coefficient (Wildman–Crippen LogP) is 13.5. The minimum atomic E-state index is 1.16. The highest BCUT2D eigenvalue weighted by Crippen LogP contribution is 2.49. The molecule has 2 nitrogen and oxygen atoms in total. The van der Waals surface area contributed by atoms with Crippen LogP contribution in [0.4, 0.5) is 0 Å². The Labute approximate surface area is 300 Å². The average Bonchev–Trinajstić information content (AvgIpc) is 3.85. The van der Waals surface area contributed by atoms with Gasteiger partial charge in [-0.05, 0) is 97.4 Å². The van der Waals surface area contributed by atoms with E-state index in [1.54, 1.807) is 0 Å². The summed E-state index contributed by atoms with van der Waals surface area (Å²) in [5, 5.41) is 10.2. The molecule has 0 amide bonds. The highest BCUT2D eigenvalue weighted by molar-refractivity contribution is 6.30. The fourth-order valence-corrected chi connectivity index (χ4v) is 9.26. The van der Waals surface area contributed by atoms with E-state index in [0.717, 1.165) is 5.69 Å². The Hall–Kier alpha value is -6.90. The number of aromatic nitrogens is 2. The van der Waals surface area contributed by atoms with Crippen LogP contribution in [0.2, 0.25) is 0 Å². The lowest BCUT2D eigenvalue weighted by Gasteiger charge is -2.13. The third-order valence-corrected chi connectivity index (χ3v) is 11.4. The van der Waals surface area contributed by atoms with Crippen LogP contribution in [0.15, 0.2) is 182 Å². The molecule has 0 aliphatic heterocycles. The molecule has 9 aromatic carbocycles. The maximum Gasteiger partial charge on any atom is 0.0641 e. The highest BCUT2D eigenvalue weighted by Gasteiger charge is 2.25. The molecule has 0 atom stereocenters. The van der Waals surface area contributed by atoms with Gasteiger partial charge < -0.3 is 9.13 Å². The summed E-state index contributed by atoms with van der Waals surface area (Å²) in [6.45, 7) is 0. The van der Waals surface area contributed by atoms with Crippen molar-refractivity contribution >= 4 is 65.2 Å². The highest BCUT2D eigenvalue weighted by atomic mass is 15.0. The summed E-state index contributed by atoms with van der Waals surface area (Å²) in [5.41, 5.74) is 14.9. The molecule has 0 N–H and O–H groups in total. The van der Waals surface area contributed by atoms with E-state index < -0.39 is 0 Å². The molecule has 11 aromatic rings. The Balaban J connectivity index is 1.24. The maximum absolute atomic E-state index is 2.52. The fraction of sp³-hybridized carbons (Fsp3) is 0. The van der Waals surface area contributed by atoms with Gasteiger partial charge in [0.05, 0.1) is 22.1 Å². The Kier molecular flexibility index (Phi) is 5.53. The molecule has 0 unspecified atom stereocenters. The molecule has 52 heavy (non-hydrogen) atoms. The number of nitrogens with zero attached hydrogens (tertiary/aromatic N) is 2. The van der Waals surface area contributed by atoms with E-state index in [1.807, 2.05) is 0 Å². The molecule has 0 radical (unpaired) electrons. The van der Waals surface area contributed by atoms with Gasteiger partial charge in [-0.1, -0.05) is 140 Å². The molecule has 1 aliphatic rings. The largest absolute Gasteiger partial charge is 0.309 e. The van der Waals surface area contributed by atoms with E-state index in [2.05, 4.69) is 191 Å². The zero-order valence-corrected chi connectivity index (χ0v) is 28.2. The quantitative estimate of drug-likeness (QED) is 0.179. The molecular formula is C50H30N2. The first-order chi connectivity index (χ1) is 25.8. The summed E-state index contributed by atoms with van der Waals surface area (Å²) in [6, 6.07) is 67.2. The fourth-order valence-electron chi connectivity index (χ4n) is 9.26. The first-order valence-electron chi connectivity index (χ1n) is 18.0. The van der Waals surface area contributed by atoms with Crippen LogP contribution in [0.5, 0.6) is 0 Å². The van der Waals surface area contributed by atoms with Crippen LogP contribution in [-0.2, 0) is 0 Å². The van der Waals surface area contributed by atoms with E-state index >= 15 is 0 Å². The second-order valence-corrected chi connectivity index (χ2v) is 14.1. The summed E-state index contributed by atoms with van der Waals surface area (Å²) in [4.78, 5) is 0. The van der Waals surface area contributed by atoms with Crippen molar-refractivity contribution in [3.8, 4) is 44.8 Å². The third kappa shape index (κ3) is 3.68. The van der Waals surface area contributed by atoms with Gasteiger partial charge in [-0.15, -0.1) is 0 Å². The van der Waals surface area contributed by atoms with Crippen LogP contribution in [-0.4, -0.2) is 9.13 Å². The van der Waals surface area contributed by atoms with Gasteiger partial charge in [-0.25, -0.2) is 0 Å². The van der Waals surface area contributed by atoms with Crippen molar-refractivity contribution in [3.05, 3.63) is 182 Å². The number of fused-ring (bicyclic) bond motifs is 12. The number of hydrogen-bond donors (Lipinski definition) is 0. The van der Waals surface area contributed by atoms with Gasteiger partial charge in [-0.3, -0.25) is 0 Å². The Morgan fingerprint density at radius 1 is 0.288 bits per heavy atom. The second-order valence-electron chi connectivity index (χ2n) is 14.1. The van der Waals surface area contributed by atoms with E-state index in [0.29, 0.717) is 0 Å². The maximum atomic E-state index is 2.52. The molecule has 0 saturated carbocycles. The number of rotatable bonds is 3. The van der Waals surface area contributed by atoms with Crippen molar-refractivity contribution in [1.29, 1.82) is 0 Å². The zero-order chi connectivity index (χ0) is 33.9. The molecule has 0 spiro atoms. The van der Waals surface area contributed by atoms with Crippen LogP contribution in [0, 0.1) is 0 Å². The van der Waals surface area contributed by atoms with Crippen LogP contribution >= 0.6 is 0 Å². The molecule has 0 saturated heterocycles. The van der Waals surface area contributed by atoms with Crippen molar-refractivity contribution in [2.45, 2.75) is 0 Å². The molecule has 12 rings (SSSR count). The standard InChI is InChI=1S/C50H30N2/c1-2-12-31(13-3-1)33-15-10-17-35(28-33)52-45-26-24-32-14-4-5-18-37(32)48(45)42-25-27-46-49(50(42)52)41-21-8-9-23-44(41)51(46)36-29-34-16-11-22-40-38-19-6-7-20-39(38)43(30-36)47(34)40/h1-30H. The van der Waals surface area contributed by atoms with E-state index in [4.69, 9.17) is 0 Å². The minimum Gasteiger partial charge on any atom is -0.309 e. The molecule has 0 bridgehead atoms. The summed E-state index contributed by atoms with van der Waals surface area (Å²) in [5.74, 6) is 0. The predicted molar refractivity (Wildman–Crippen MR) is 220 cm³/mol. The molecule has 240 valence electrons. The minimum absolute atomic E-state index is 1.16. The van der Waals surface area contributed by atoms with Crippen molar-refractivity contribution in [1.82, 2.24) is 9.13 Å². The number of benzene rings is 9. The van der Waals surface area contributed by atoms with Gasteiger partial charge in [0.1, 0.15) is 0 Å². The van der Waals surface area contributed by atoms with Crippen molar-refractivity contribution < 1.29 is 0 Å². The number of hydrogen-bond acceptors (Lipinski definition) is 0. The van der Waals surface area contributed by atoms with Gasteiger partial charge in [0.15, 0.2) is 0 Å². The van der Waals surface area contributed by atoms with Crippen molar-refractivity contribution in [2.75, 3.05) is 0 Å². The van der Waals surface area contributed by atoms with Crippen LogP contribution in [0.1, 0.15) is 0 Å². The van der Waals surface area contributed by atoms with Crippen LogP contribution in [0.3, 0.4) is 0 Å². The lowest BCUT2D eigenvalue weighted by molar-refractivity contribution is 1.18. The van der Waals surface area contributed by atoms with E-state index in [9.17, 15) is 0 Å². The molecule has 2 heterocycles. The summed E-state index contributed by atoms with van der Waals surface area (Å²) < 4.78 is 5.01. The lowest BCUT2D eigenvalue weighted by atomic mass is 10.0. The summed E-state index contributed by atoms with van der Waals surface area (Å²) >= 11 is 0. The topological polar surface area (TPSA) is 9.86 Å². The molecule has 2 aromatic heterocycles. The Morgan fingerprint density at radius 2 is 0.962 bits per heavy atom. The van der Waals surface area contributed by atoms with Gasteiger partial charge in [0.25, 0.3) is 0 Å². The molecule has 0 fully saturated rings. The van der Waals surface area contributed by atoms with Crippen molar-refractivity contribution in [2.24, 2.45) is 0 Å². The summed E-state index contributed by atoms with van der Waals surface area (Å²) in [6.07, 6.45) is 0. The first-order valence-corrected chi connectivity index (χ1v) is 18.0. The van der Waals surface area contributed by atoms with Gasteiger partial charge in [0.2, 0.25) is 0 Å². The van der Waals surface area contributed by atoms with Crippen LogP contribution in [0.25, 0.3) is 110 Å². The number of para-hydroxylation sites is 1. The van der Waals surface area contributed by atoms with E-state index in [-0.39, 0.29) is 0 Å². The van der Waals surface area contributed by atoms with E-state index in [1.165, 1.54) is 104 Å². The van der Waals surface area contributed by atoms with Gasteiger partial charge >= 0.3 is 0 Å². The van der Waals surface area contributed by atoms with Gasteiger partial charge in [0, 0.05) is 32.9 Å². The van der Waals surface area contributed by atoms with Crippen LogP contribution < -0.4 is 0 Å². The molecule has 2 heteroatoms. The Bertz CT molecular complexity index is 3290. The Morgan fingerprint density at radius 3 is 1.87 bits per heavy atom. The zero-order valence-electron chi connectivity index (χ0n) is 28.2.